The molecule has 1 aliphatic rings. The first-order chi connectivity index (χ1) is 13.8. The van der Waals surface area contributed by atoms with E-state index in [-0.39, 0.29) is 11.8 Å². The molecule has 0 atom stereocenters. The van der Waals surface area contributed by atoms with Crippen molar-refractivity contribution in [3.05, 3.63) is 54.9 Å². The Morgan fingerprint density at radius 3 is 2.64 bits per heavy atom. The molecule has 1 N–H and O–H groups in total. The van der Waals surface area contributed by atoms with E-state index in [2.05, 4.69) is 44.5 Å². The third kappa shape index (κ3) is 3.18. The van der Waals surface area contributed by atoms with Crippen LogP contribution in [0.3, 0.4) is 0 Å². The average molecular weight is 389 g/mol. The molecule has 1 saturated heterocycles. The van der Waals surface area contributed by atoms with Crippen LogP contribution >= 0.6 is 11.3 Å². The van der Waals surface area contributed by atoms with Crippen molar-refractivity contribution < 1.29 is 4.79 Å². The van der Waals surface area contributed by atoms with Gasteiger partial charge in [0.05, 0.1) is 10.2 Å². The molecule has 7 heteroatoms. The topological polar surface area (TPSA) is 71.0 Å². The van der Waals surface area contributed by atoms with Crippen LogP contribution in [0.1, 0.15) is 12.8 Å². The Labute approximate surface area is 166 Å². The Morgan fingerprint density at radius 1 is 1.04 bits per heavy atom. The minimum absolute atomic E-state index is 0.0104. The van der Waals surface area contributed by atoms with Crippen LogP contribution in [0, 0.1) is 5.92 Å². The molecule has 0 aliphatic carbocycles. The number of nitrogens with zero attached hydrogens (tertiary/aromatic N) is 4. The van der Waals surface area contributed by atoms with Crippen LogP contribution in [0.4, 0.5) is 11.1 Å². The lowest BCUT2D eigenvalue weighted by Crippen LogP contribution is -2.38. The maximum Gasteiger partial charge on any atom is 0.229 e. The number of benzene rings is 2. The number of hydrogen-bond acceptors (Lipinski definition) is 6. The Morgan fingerprint density at radius 2 is 1.82 bits per heavy atom. The fraction of sp³-hybridized carbons (Fsp3) is 0.238. The Hall–Kier alpha value is -3.06. The predicted molar refractivity (Wildman–Crippen MR) is 113 cm³/mol. The summed E-state index contributed by atoms with van der Waals surface area (Å²) in [7, 11) is 0. The van der Waals surface area contributed by atoms with Gasteiger partial charge in [-0.2, -0.15) is 0 Å². The van der Waals surface area contributed by atoms with Gasteiger partial charge in [0.2, 0.25) is 11.9 Å². The zero-order valence-electron chi connectivity index (χ0n) is 15.2. The van der Waals surface area contributed by atoms with Crippen molar-refractivity contribution in [1.29, 1.82) is 0 Å². The van der Waals surface area contributed by atoms with Crippen LogP contribution < -0.4 is 10.2 Å². The number of thiazole rings is 1. The molecule has 0 radical (unpaired) electrons. The normalized spacial score (nSPS) is 15.2. The van der Waals surface area contributed by atoms with E-state index in [1.807, 2.05) is 18.2 Å². The number of anilines is 2. The van der Waals surface area contributed by atoms with Crippen LogP contribution in [0.2, 0.25) is 0 Å². The lowest BCUT2D eigenvalue weighted by Gasteiger charge is -2.30. The number of fused-ring (bicyclic) bond motifs is 3. The lowest BCUT2D eigenvalue weighted by atomic mass is 9.96. The molecule has 0 saturated carbocycles. The summed E-state index contributed by atoms with van der Waals surface area (Å²) >= 11 is 1.53. The fourth-order valence-corrected chi connectivity index (χ4v) is 4.60. The molecule has 28 heavy (non-hydrogen) atoms. The number of hydrogen-bond donors (Lipinski definition) is 1. The summed E-state index contributed by atoms with van der Waals surface area (Å²) in [5.74, 6) is 0.778. The fourth-order valence-electron chi connectivity index (χ4n) is 3.72. The lowest BCUT2D eigenvalue weighted by molar-refractivity contribution is -0.120. The van der Waals surface area contributed by atoms with Gasteiger partial charge in [-0.15, -0.1) is 0 Å². The van der Waals surface area contributed by atoms with Gasteiger partial charge in [0.25, 0.3) is 0 Å². The van der Waals surface area contributed by atoms with Crippen LogP contribution in [0.15, 0.2) is 54.9 Å². The zero-order chi connectivity index (χ0) is 18.9. The molecule has 2 aromatic carbocycles. The largest absolute Gasteiger partial charge is 0.341 e. The minimum atomic E-state index is -0.0104. The number of piperidine rings is 1. The first-order valence-electron chi connectivity index (χ1n) is 9.39. The van der Waals surface area contributed by atoms with Crippen LogP contribution in [-0.2, 0) is 4.79 Å². The van der Waals surface area contributed by atoms with Crippen molar-refractivity contribution in [3.8, 4) is 0 Å². The number of carbonyl (C=O) groups is 1. The second-order valence-electron chi connectivity index (χ2n) is 6.95. The molecule has 1 amide bonds. The molecule has 0 spiro atoms. The second-order valence-corrected chi connectivity index (χ2v) is 7.98. The molecule has 4 aromatic rings. The number of rotatable bonds is 3. The predicted octanol–water partition coefficient (Wildman–Crippen LogP) is 4.09. The van der Waals surface area contributed by atoms with E-state index in [0.29, 0.717) is 5.13 Å². The quantitative estimate of drug-likeness (QED) is 0.571. The molecule has 0 bridgehead atoms. The van der Waals surface area contributed by atoms with Crippen molar-refractivity contribution in [1.82, 2.24) is 15.0 Å². The molecular weight excluding hydrogens is 370 g/mol. The highest BCUT2D eigenvalue weighted by Crippen LogP contribution is 2.32. The maximum absolute atomic E-state index is 12.8. The Kier molecular flexibility index (Phi) is 4.37. The summed E-state index contributed by atoms with van der Waals surface area (Å²) in [5.41, 5.74) is 0.953. The van der Waals surface area contributed by atoms with E-state index < -0.39 is 0 Å². The standard InChI is InChI=1S/C21H19N5OS/c27-19(15-8-12-26(13-9-15)20-22-10-3-11-23-20)25-21-24-18-16-5-2-1-4-14(16)6-7-17(18)28-21/h1-7,10-11,15H,8-9,12-13H2,(H,24,25,27). The number of amides is 1. The van der Waals surface area contributed by atoms with Gasteiger partial charge in [0.1, 0.15) is 0 Å². The van der Waals surface area contributed by atoms with Crippen molar-refractivity contribution in [2.45, 2.75) is 12.8 Å². The Balaban J connectivity index is 1.29. The highest BCUT2D eigenvalue weighted by molar-refractivity contribution is 7.22. The summed E-state index contributed by atoms with van der Waals surface area (Å²) in [4.78, 5) is 28.2. The SMILES string of the molecule is O=C(Nc1nc2c(ccc3ccccc32)s1)C1CCN(c2ncccn2)CC1. The van der Waals surface area contributed by atoms with E-state index in [1.54, 1.807) is 12.4 Å². The summed E-state index contributed by atoms with van der Waals surface area (Å²) in [6.45, 7) is 1.57. The van der Waals surface area contributed by atoms with Gasteiger partial charge in [-0.05, 0) is 30.4 Å². The summed E-state index contributed by atoms with van der Waals surface area (Å²) in [6.07, 6.45) is 5.08. The molecule has 6 nitrogen and oxygen atoms in total. The second kappa shape index (κ2) is 7.16. The average Bonchev–Trinajstić information content (AvgIpc) is 3.17. The van der Waals surface area contributed by atoms with Crippen LogP contribution in [-0.4, -0.2) is 33.9 Å². The molecule has 140 valence electrons. The molecule has 3 heterocycles. The Bertz CT molecular complexity index is 1140. The van der Waals surface area contributed by atoms with Gasteiger partial charge in [0, 0.05) is 36.8 Å². The van der Waals surface area contributed by atoms with Crippen molar-refractivity contribution in [3.63, 3.8) is 0 Å². The van der Waals surface area contributed by atoms with Crippen LogP contribution in [0.25, 0.3) is 21.0 Å². The first kappa shape index (κ1) is 17.1. The monoisotopic (exact) mass is 389 g/mol. The summed E-state index contributed by atoms with van der Waals surface area (Å²) < 4.78 is 1.09. The van der Waals surface area contributed by atoms with E-state index >= 15 is 0 Å². The number of aromatic nitrogens is 3. The molecule has 0 unspecified atom stereocenters. The first-order valence-corrected chi connectivity index (χ1v) is 10.2. The van der Waals surface area contributed by atoms with Crippen molar-refractivity contribution in [2.24, 2.45) is 5.92 Å². The zero-order valence-corrected chi connectivity index (χ0v) is 16.0. The molecule has 1 aliphatic heterocycles. The van der Waals surface area contributed by atoms with Gasteiger partial charge < -0.3 is 10.2 Å². The summed E-state index contributed by atoms with van der Waals surface area (Å²) in [5, 5.41) is 5.99. The highest BCUT2D eigenvalue weighted by atomic mass is 32.1. The van der Waals surface area contributed by atoms with E-state index in [0.717, 1.165) is 52.9 Å². The smallest absolute Gasteiger partial charge is 0.229 e. The highest BCUT2D eigenvalue weighted by Gasteiger charge is 2.26. The minimum Gasteiger partial charge on any atom is -0.341 e. The van der Waals surface area contributed by atoms with E-state index in [9.17, 15) is 4.79 Å². The third-order valence-corrected chi connectivity index (χ3v) is 6.15. The number of nitrogens with one attached hydrogen (secondary N) is 1. The van der Waals surface area contributed by atoms with Crippen molar-refractivity contribution in [2.75, 3.05) is 23.3 Å². The maximum atomic E-state index is 12.8. The van der Waals surface area contributed by atoms with Gasteiger partial charge in [0.15, 0.2) is 5.13 Å². The van der Waals surface area contributed by atoms with Crippen LogP contribution in [0.5, 0.6) is 0 Å². The summed E-state index contributed by atoms with van der Waals surface area (Å²) in [6, 6.07) is 14.2. The van der Waals surface area contributed by atoms with Gasteiger partial charge in [-0.25, -0.2) is 15.0 Å². The molecular formula is C21H19N5OS. The molecule has 5 rings (SSSR count). The van der Waals surface area contributed by atoms with Gasteiger partial charge in [-0.1, -0.05) is 41.7 Å². The van der Waals surface area contributed by atoms with Gasteiger partial charge in [-0.3, -0.25) is 4.79 Å². The number of carbonyl (C=O) groups excluding carboxylic acids is 1. The van der Waals surface area contributed by atoms with E-state index in [1.165, 1.54) is 11.3 Å². The molecule has 1 fully saturated rings. The third-order valence-electron chi connectivity index (χ3n) is 5.21. The van der Waals surface area contributed by atoms with Crippen molar-refractivity contribution >= 4 is 49.3 Å². The van der Waals surface area contributed by atoms with E-state index in [4.69, 9.17) is 4.98 Å². The molecule has 2 aromatic heterocycles. The van der Waals surface area contributed by atoms with Gasteiger partial charge >= 0.3 is 0 Å².